The van der Waals surface area contributed by atoms with Gasteiger partial charge >= 0.3 is 0 Å². The molecule has 2 atom stereocenters. The standard InChI is InChI=1S/C24H31N3O4S2/c1-24(2,3)18-9-11-19(12-10-18)33(30,31)20-15-26-23(27-22(20)29)32-16-21(28)25-14-13-17-7-5-4-6-8-17/h4-12,20,23,26H,13-16H2,1-3H3,(H,25,28)(H,27,29). The van der Waals surface area contributed by atoms with Crippen LogP contribution in [0.1, 0.15) is 31.9 Å². The molecule has 1 heterocycles. The normalized spacial score (nSPS) is 19.1. The number of carbonyl (C=O) groups is 2. The maximum absolute atomic E-state index is 13.0. The lowest BCUT2D eigenvalue weighted by molar-refractivity contribution is -0.122. The zero-order chi connectivity index (χ0) is 24.1. The molecular weight excluding hydrogens is 458 g/mol. The van der Waals surface area contributed by atoms with E-state index in [4.69, 9.17) is 0 Å². The van der Waals surface area contributed by atoms with E-state index in [-0.39, 0.29) is 28.5 Å². The molecule has 2 unspecified atom stereocenters. The second kappa shape index (κ2) is 10.7. The van der Waals surface area contributed by atoms with Crippen molar-refractivity contribution < 1.29 is 18.0 Å². The van der Waals surface area contributed by atoms with E-state index in [1.807, 2.05) is 30.3 Å². The Kier molecular flexibility index (Phi) is 8.20. The SMILES string of the molecule is CC(C)(C)c1ccc(S(=O)(=O)C2CNC(SCC(=O)NCCc3ccccc3)NC2=O)cc1. The highest BCUT2D eigenvalue weighted by Crippen LogP contribution is 2.25. The molecule has 0 bridgehead atoms. The highest BCUT2D eigenvalue weighted by Gasteiger charge is 2.38. The molecule has 0 spiro atoms. The van der Waals surface area contributed by atoms with Crippen molar-refractivity contribution in [3.8, 4) is 0 Å². The summed E-state index contributed by atoms with van der Waals surface area (Å²) >= 11 is 1.22. The second-order valence-electron chi connectivity index (χ2n) is 9.00. The summed E-state index contributed by atoms with van der Waals surface area (Å²) in [5.41, 5.74) is 1.55. The lowest BCUT2D eigenvalue weighted by Crippen LogP contribution is -2.59. The summed E-state index contributed by atoms with van der Waals surface area (Å²) in [6.45, 7) is 6.67. The van der Waals surface area contributed by atoms with Crippen molar-refractivity contribution in [3.63, 3.8) is 0 Å². The van der Waals surface area contributed by atoms with E-state index in [0.29, 0.717) is 6.54 Å². The number of benzene rings is 2. The molecule has 178 valence electrons. The molecule has 0 aromatic heterocycles. The van der Waals surface area contributed by atoms with Crippen LogP contribution in [0.4, 0.5) is 0 Å². The van der Waals surface area contributed by atoms with E-state index in [1.165, 1.54) is 11.8 Å². The minimum absolute atomic E-state index is 0.0114. The number of rotatable bonds is 8. The van der Waals surface area contributed by atoms with Crippen LogP contribution in [0.2, 0.25) is 0 Å². The first kappa shape index (κ1) is 25.3. The van der Waals surface area contributed by atoms with Crippen molar-refractivity contribution in [3.05, 3.63) is 65.7 Å². The van der Waals surface area contributed by atoms with E-state index in [9.17, 15) is 18.0 Å². The molecule has 9 heteroatoms. The molecular formula is C24H31N3O4S2. The van der Waals surface area contributed by atoms with Crippen LogP contribution in [-0.4, -0.2) is 49.8 Å². The number of sulfone groups is 1. The third kappa shape index (κ3) is 6.82. The van der Waals surface area contributed by atoms with E-state index in [1.54, 1.807) is 24.3 Å². The summed E-state index contributed by atoms with van der Waals surface area (Å²) in [7, 11) is -3.83. The number of amides is 2. The molecule has 3 rings (SSSR count). The Morgan fingerprint density at radius 2 is 1.76 bits per heavy atom. The summed E-state index contributed by atoms with van der Waals surface area (Å²) in [5.74, 6) is -0.547. The van der Waals surface area contributed by atoms with Crippen LogP contribution in [0.5, 0.6) is 0 Å². The van der Waals surface area contributed by atoms with Crippen LogP contribution in [0.25, 0.3) is 0 Å². The second-order valence-corrected chi connectivity index (χ2v) is 12.2. The Balaban J connectivity index is 1.47. The van der Waals surface area contributed by atoms with Gasteiger partial charge in [-0.1, -0.05) is 63.2 Å². The van der Waals surface area contributed by atoms with Gasteiger partial charge in [0.15, 0.2) is 15.1 Å². The average Bonchev–Trinajstić information content (AvgIpc) is 2.78. The van der Waals surface area contributed by atoms with Gasteiger partial charge in [0.25, 0.3) is 0 Å². The van der Waals surface area contributed by atoms with E-state index in [0.717, 1.165) is 17.5 Å². The molecule has 0 saturated carbocycles. The van der Waals surface area contributed by atoms with Crippen molar-refractivity contribution in [1.29, 1.82) is 0 Å². The van der Waals surface area contributed by atoms with Gasteiger partial charge in [-0.05, 0) is 35.1 Å². The number of hydrogen-bond acceptors (Lipinski definition) is 6. The van der Waals surface area contributed by atoms with Gasteiger partial charge in [0.1, 0.15) is 5.50 Å². The maximum atomic E-state index is 13.0. The summed E-state index contributed by atoms with van der Waals surface area (Å²) in [4.78, 5) is 24.8. The maximum Gasteiger partial charge on any atom is 0.241 e. The van der Waals surface area contributed by atoms with Crippen LogP contribution < -0.4 is 16.0 Å². The van der Waals surface area contributed by atoms with Gasteiger partial charge in [0.2, 0.25) is 11.8 Å². The van der Waals surface area contributed by atoms with Crippen molar-refractivity contribution in [1.82, 2.24) is 16.0 Å². The zero-order valence-corrected chi connectivity index (χ0v) is 20.8. The minimum Gasteiger partial charge on any atom is -0.355 e. The van der Waals surface area contributed by atoms with Crippen molar-refractivity contribution in [2.24, 2.45) is 0 Å². The van der Waals surface area contributed by atoms with Gasteiger partial charge in [-0.3, -0.25) is 14.9 Å². The molecule has 2 aromatic carbocycles. The largest absolute Gasteiger partial charge is 0.355 e. The molecule has 1 saturated heterocycles. The molecule has 7 nitrogen and oxygen atoms in total. The molecule has 2 aromatic rings. The average molecular weight is 490 g/mol. The number of nitrogens with one attached hydrogen (secondary N) is 3. The Morgan fingerprint density at radius 3 is 2.36 bits per heavy atom. The molecule has 0 aliphatic carbocycles. The first-order valence-corrected chi connectivity index (χ1v) is 13.5. The number of hydrogen-bond donors (Lipinski definition) is 3. The van der Waals surface area contributed by atoms with Crippen LogP contribution in [0.15, 0.2) is 59.5 Å². The predicted octanol–water partition coefficient (Wildman–Crippen LogP) is 2.22. The Morgan fingerprint density at radius 1 is 1.09 bits per heavy atom. The topological polar surface area (TPSA) is 104 Å². The third-order valence-electron chi connectivity index (χ3n) is 5.44. The monoisotopic (exact) mass is 489 g/mol. The van der Waals surface area contributed by atoms with Gasteiger partial charge in [-0.25, -0.2) is 8.42 Å². The first-order valence-electron chi connectivity index (χ1n) is 10.9. The summed E-state index contributed by atoms with van der Waals surface area (Å²) in [5, 5.41) is 7.33. The molecule has 0 radical (unpaired) electrons. The Hall–Kier alpha value is -2.36. The molecule has 2 amide bonds. The fourth-order valence-corrected chi connectivity index (χ4v) is 5.78. The van der Waals surface area contributed by atoms with E-state index in [2.05, 4.69) is 36.7 Å². The van der Waals surface area contributed by atoms with Gasteiger partial charge in [-0.2, -0.15) is 0 Å². The molecule has 1 aliphatic heterocycles. The first-order chi connectivity index (χ1) is 15.6. The predicted molar refractivity (Wildman–Crippen MR) is 132 cm³/mol. The van der Waals surface area contributed by atoms with Crippen LogP contribution in [0, 0.1) is 0 Å². The lowest BCUT2D eigenvalue weighted by Gasteiger charge is -2.29. The van der Waals surface area contributed by atoms with Crippen molar-refractivity contribution in [2.45, 2.75) is 48.3 Å². The number of carbonyl (C=O) groups excluding carboxylic acids is 2. The fraction of sp³-hybridized carbons (Fsp3) is 0.417. The van der Waals surface area contributed by atoms with Gasteiger partial charge in [0, 0.05) is 13.1 Å². The summed E-state index contributed by atoms with van der Waals surface area (Å²) < 4.78 is 26.0. The fourth-order valence-electron chi connectivity index (χ4n) is 3.44. The summed E-state index contributed by atoms with van der Waals surface area (Å²) in [6.07, 6.45) is 0.742. The van der Waals surface area contributed by atoms with E-state index >= 15 is 0 Å². The van der Waals surface area contributed by atoms with Gasteiger partial charge in [0.05, 0.1) is 10.6 Å². The van der Waals surface area contributed by atoms with Crippen LogP contribution in [0.3, 0.4) is 0 Å². The van der Waals surface area contributed by atoms with Crippen molar-refractivity contribution in [2.75, 3.05) is 18.8 Å². The molecule has 3 N–H and O–H groups in total. The molecule has 1 fully saturated rings. The zero-order valence-electron chi connectivity index (χ0n) is 19.1. The smallest absolute Gasteiger partial charge is 0.241 e. The third-order valence-corrected chi connectivity index (χ3v) is 8.54. The lowest BCUT2D eigenvalue weighted by atomic mass is 9.87. The molecule has 33 heavy (non-hydrogen) atoms. The molecule has 1 aliphatic rings. The van der Waals surface area contributed by atoms with E-state index < -0.39 is 26.5 Å². The van der Waals surface area contributed by atoms with Crippen LogP contribution >= 0.6 is 11.8 Å². The highest BCUT2D eigenvalue weighted by atomic mass is 32.2. The Bertz CT molecular complexity index is 1070. The quantitative estimate of drug-likeness (QED) is 0.525. The van der Waals surface area contributed by atoms with Crippen LogP contribution in [-0.2, 0) is 31.3 Å². The van der Waals surface area contributed by atoms with Crippen molar-refractivity contribution >= 4 is 33.4 Å². The number of thioether (sulfide) groups is 1. The summed E-state index contributed by atoms with van der Waals surface area (Å²) in [6, 6.07) is 16.6. The highest BCUT2D eigenvalue weighted by molar-refractivity contribution is 8.00. The Labute approximate surface area is 200 Å². The van der Waals surface area contributed by atoms with Gasteiger partial charge < -0.3 is 10.6 Å². The van der Waals surface area contributed by atoms with Gasteiger partial charge in [-0.15, -0.1) is 11.8 Å². The minimum atomic E-state index is -3.83.